The van der Waals surface area contributed by atoms with Crippen molar-refractivity contribution < 1.29 is 4.74 Å². The predicted molar refractivity (Wildman–Crippen MR) is 70.5 cm³/mol. The molecule has 2 aliphatic carbocycles. The van der Waals surface area contributed by atoms with Crippen LogP contribution in [0.3, 0.4) is 0 Å². The molecule has 2 N–H and O–H groups in total. The maximum atomic E-state index is 5.29. The summed E-state index contributed by atoms with van der Waals surface area (Å²) < 4.78 is 5.29. The van der Waals surface area contributed by atoms with Gasteiger partial charge < -0.3 is 4.74 Å². The van der Waals surface area contributed by atoms with Gasteiger partial charge in [0.1, 0.15) is 0 Å². The average Bonchev–Trinajstić information content (AvgIpc) is 2.40. The maximum Gasteiger partial charge on any atom is 0.0790 e. The van der Waals surface area contributed by atoms with E-state index in [0.29, 0.717) is 6.04 Å². The van der Waals surface area contributed by atoms with E-state index in [1.807, 2.05) is 7.05 Å². The van der Waals surface area contributed by atoms with E-state index < -0.39 is 0 Å². The smallest absolute Gasteiger partial charge is 0.0790 e. The van der Waals surface area contributed by atoms with Gasteiger partial charge in [-0.15, -0.1) is 0 Å². The summed E-state index contributed by atoms with van der Waals surface area (Å²) in [5, 5.41) is 0. The van der Waals surface area contributed by atoms with Crippen LogP contribution in [0.1, 0.15) is 12.8 Å². The van der Waals surface area contributed by atoms with Crippen molar-refractivity contribution in [1.29, 1.82) is 0 Å². The Labute approximate surface area is 103 Å². The van der Waals surface area contributed by atoms with Gasteiger partial charge in [-0.3, -0.25) is 10.9 Å². The molecule has 0 heterocycles. The van der Waals surface area contributed by atoms with Crippen molar-refractivity contribution in [2.45, 2.75) is 25.0 Å². The summed E-state index contributed by atoms with van der Waals surface area (Å²) in [4.78, 5) is 0. The van der Waals surface area contributed by atoms with Gasteiger partial charge in [-0.1, -0.05) is 36.5 Å². The molecule has 0 saturated heterocycles. The number of methoxy groups -OCH3 is 1. The molecular formula is C14H20N2O. The largest absolute Gasteiger partial charge is 0.377 e. The van der Waals surface area contributed by atoms with Crippen LogP contribution >= 0.6 is 0 Å². The van der Waals surface area contributed by atoms with Gasteiger partial charge in [-0.25, -0.2) is 0 Å². The van der Waals surface area contributed by atoms with Gasteiger partial charge in [0, 0.05) is 13.2 Å². The van der Waals surface area contributed by atoms with E-state index in [-0.39, 0.29) is 6.10 Å². The minimum absolute atomic E-state index is 0.241. The summed E-state index contributed by atoms with van der Waals surface area (Å²) in [5.41, 5.74) is 8.77. The molecule has 0 saturated carbocycles. The predicted octanol–water partition coefficient (Wildman–Crippen LogP) is 1.87. The number of hydrazine groups is 1. The normalized spacial score (nSPS) is 27.9. The van der Waals surface area contributed by atoms with E-state index in [2.05, 4.69) is 47.3 Å². The van der Waals surface area contributed by atoms with Crippen molar-refractivity contribution >= 4 is 0 Å². The van der Waals surface area contributed by atoms with Gasteiger partial charge in [0.15, 0.2) is 0 Å². The average molecular weight is 232 g/mol. The highest BCUT2D eigenvalue weighted by atomic mass is 16.5. The van der Waals surface area contributed by atoms with E-state index in [0.717, 1.165) is 12.8 Å². The molecule has 0 spiro atoms. The molecule has 0 bridgehead atoms. The molecule has 0 fully saturated rings. The molecule has 2 aliphatic rings. The highest BCUT2D eigenvalue weighted by molar-refractivity contribution is 5.49. The molecule has 2 rings (SSSR count). The van der Waals surface area contributed by atoms with Gasteiger partial charge in [0.25, 0.3) is 0 Å². The monoisotopic (exact) mass is 232 g/mol. The van der Waals surface area contributed by atoms with Gasteiger partial charge in [0.05, 0.1) is 6.10 Å². The molecule has 0 aliphatic heterocycles. The van der Waals surface area contributed by atoms with Crippen LogP contribution in [-0.2, 0) is 4.74 Å². The molecule has 2 atom stereocenters. The van der Waals surface area contributed by atoms with Crippen LogP contribution < -0.4 is 10.9 Å². The Bertz CT molecular complexity index is 380. The third kappa shape index (κ3) is 3.16. The van der Waals surface area contributed by atoms with E-state index in [1.54, 1.807) is 7.11 Å². The Morgan fingerprint density at radius 2 is 1.82 bits per heavy atom. The van der Waals surface area contributed by atoms with Crippen molar-refractivity contribution in [2.24, 2.45) is 0 Å². The second kappa shape index (κ2) is 5.96. The molecule has 0 amide bonds. The number of ether oxygens (including phenoxy) is 1. The fraction of sp³-hybridized carbons (Fsp3) is 0.429. The van der Waals surface area contributed by atoms with E-state index in [1.165, 1.54) is 11.1 Å². The van der Waals surface area contributed by atoms with Crippen molar-refractivity contribution in [1.82, 2.24) is 10.9 Å². The first kappa shape index (κ1) is 12.3. The summed E-state index contributed by atoms with van der Waals surface area (Å²) in [7, 11) is 3.64. The minimum atomic E-state index is 0.241. The van der Waals surface area contributed by atoms with Crippen LogP contribution in [0.15, 0.2) is 47.6 Å². The first-order valence-electron chi connectivity index (χ1n) is 6.05. The minimum Gasteiger partial charge on any atom is -0.377 e. The standard InChI is InChI=1S/C14H20N2O/c1-15-16-13-7-3-11(4-8-13)12-5-9-14(17-2)10-6-12/h3-7,9,13-16H,8,10H2,1-2H3. The lowest BCUT2D eigenvalue weighted by molar-refractivity contribution is 0.142. The lowest BCUT2D eigenvalue weighted by Crippen LogP contribution is -2.37. The Morgan fingerprint density at radius 1 is 1.12 bits per heavy atom. The van der Waals surface area contributed by atoms with E-state index in [4.69, 9.17) is 4.74 Å². The van der Waals surface area contributed by atoms with Crippen LogP contribution in [0.4, 0.5) is 0 Å². The van der Waals surface area contributed by atoms with Crippen molar-refractivity contribution in [2.75, 3.05) is 14.2 Å². The number of hydrogen-bond acceptors (Lipinski definition) is 3. The molecule has 0 aromatic heterocycles. The fourth-order valence-corrected chi connectivity index (χ4v) is 2.12. The molecular weight excluding hydrogens is 212 g/mol. The molecule has 3 nitrogen and oxygen atoms in total. The number of allylic oxidation sites excluding steroid dienone is 4. The number of hydrogen-bond donors (Lipinski definition) is 2. The molecule has 17 heavy (non-hydrogen) atoms. The van der Waals surface area contributed by atoms with Crippen LogP contribution in [0.2, 0.25) is 0 Å². The number of rotatable bonds is 4. The molecule has 0 radical (unpaired) electrons. The molecule has 3 heteroatoms. The summed E-state index contributed by atoms with van der Waals surface area (Å²) in [6, 6.07) is 0.392. The Morgan fingerprint density at radius 3 is 2.29 bits per heavy atom. The first-order valence-corrected chi connectivity index (χ1v) is 6.05. The molecule has 0 aromatic rings. The van der Waals surface area contributed by atoms with Gasteiger partial charge >= 0.3 is 0 Å². The summed E-state index contributed by atoms with van der Waals surface area (Å²) in [6.07, 6.45) is 15.4. The first-order chi connectivity index (χ1) is 8.33. The highest BCUT2D eigenvalue weighted by Crippen LogP contribution is 2.23. The quantitative estimate of drug-likeness (QED) is 0.726. The van der Waals surface area contributed by atoms with Crippen molar-refractivity contribution in [3.63, 3.8) is 0 Å². The topological polar surface area (TPSA) is 33.3 Å². The third-order valence-corrected chi connectivity index (χ3v) is 3.13. The summed E-state index contributed by atoms with van der Waals surface area (Å²) >= 11 is 0. The molecule has 2 unspecified atom stereocenters. The lowest BCUT2D eigenvalue weighted by Gasteiger charge is -2.20. The van der Waals surface area contributed by atoms with Crippen LogP contribution in [0, 0.1) is 0 Å². The number of nitrogens with one attached hydrogen (secondary N) is 2. The Kier molecular flexibility index (Phi) is 4.31. The van der Waals surface area contributed by atoms with E-state index >= 15 is 0 Å². The Hall–Kier alpha value is -1.16. The van der Waals surface area contributed by atoms with Gasteiger partial charge in [0.2, 0.25) is 0 Å². The summed E-state index contributed by atoms with van der Waals surface area (Å²) in [6.45, 7) is 0. The molecule has 0 aromatic carbocycles. The van der Waals surface area contributed by atoms with Crippen LogP contribution in [-0.4, -0.2) is 26.3 Å². The van der Waals surface area contributed by atoms with E-state index in [9.17, 15) is 0 Å². The van der Waals surface area contributed by atoms with Crippen molar-refractivity contribution in [3.8, 4) is 0 Å². The zero-order chi connectivity index (χ0) is 12.1. The van der Waals surface area contributed by atoms with Gasteiger partial charge in [-0.05, 0) is 31.0 Å². The molecule has 92 valence electrons. The van der Waals surface area contributed by atoms with Crippen LogP contribution in [0.25, 0.3) is 0 Å². The maximum absolute atomic E-state index is 5.29. The second-order valence-corrected chi connectivity index (χ2v) is 4.28. The SMILES string of the molecule is CNNC1C=CC(C2=CCC(OC)C=C2)=CC1. The van der Waals surface area contributed by atoms with Crippen molar-refractivity contribution in [3.05, 3.63) is 47.6 Å². The van der Waals surface area contributed by atoms with Gasteiger partial charge in [-0.2, -0.15) is 0 Å². The second-order valence-electron chi connectivity index (χ2n) is 4.28. The zero-order valence-corrected chi connectivity index (χ0v) is 10.4. The van der Waals surface area contributed by atoms with Crippen LogP contribution in [0.5, 0.6) is 0 Å². The summed E-state index contributed by atoms with van der Waals surface area (Å²) in [5.74, 6) is 0. The fourth-order valence-electron chi connectivity index (χ4n) is 2.12. The highest BCUT2D eigenvalue weighted by Gasteiger charge is 2.12. The Balaban J connectivity index is 1.96. The third-order valence-electron chi connectivity index (χ3n) is 3.13. The lowest BCUT2D eigenvalue weighted by atomic mass is 9.93. The zero-order valence-electron chi connectivity index (χ0n) is 10.4.